The van der Waals surface area contributed by atoms with Crippen molar-refractivity contribution in [3.05, 3.63) is 64.4 Å². The second kappa shape index (κ2) is 9.29. The van der Waals surface area contributed by atoms with Crippen LogP contribution in [-0.2, 0) is 11.2 Å². The molecule has 0 aliphatic carbocycles. The zero-order valence-electron chi connectivity index (χ0n) is 14.6. The lowest BCUT2D eigenvalue weighted by molar-refractivity contribution is -0.113. The minimum atomic E-state index is -0.215. The Morgan fingerprint density at radius 3 is 2.48 bits per heavy atom. The minimum absolute atomic E-state index is 0.110. The van der Waals surface area contributed by atoms with Gasteiger partial charge in [-0.1, -0.05) is 36.9 Å². The zero-order valence-corrected chi connectivity index (χ0v) is 16.3. The average Bonchev–Trinajstić information content (AvgIpc) is 3.23. The smallest absolute Gasteiger partial charge is 0.266 e. The predicted octanol–water partition coefficient (Wildman–Crippen LogP) is 4.08. The van der Waals surface area contributed by atoms with Crippen molar-refractivity contribution in [2.45, 2.75) is 18.4 Å². The number of nitrogens with zero attached hydrogens (tertiary/aromatic N) is 2. The second-order valence-corrected chi connectivity index (χ2v) is 7.52. The van der Waals surface area contributed by atoms with Crippen molar-refractivity contribution in [1.82, 2.24) is 10.2 Å². The molecule has 0 aliphatic rings. The van der Waals surface area contributed by atoms with Gasteiger partial charge in [-0.05, 0) is 47.7 Å². The first-order valence-electron chi connectivity index (χ1n) is 8.34. The van der Waals surface area contributed by atoms with Crippen LogP contribution in [0.15, 0.2) is 58.9 Å². The maximum absolute atomic E-state index is 12.0. The Hall–Kier alpha value is -2.71. The molecular weight excluding hydrogens is 380 g/mol. The molecule has 1 aromatic carbocycles. The van der Waals surface area contributed by atoms with E-state index in [1.807, 2.05) is 35.7 Å². The van der Waals surface area contributed by atoms with E-state index in [-0.39, 0.29) is 17.6 Å². The summed E-state index contributed by atoms with van der Waals surface area (Å²) in [5.74, 6) is 0.276. The normalized spacial score (nSPS) is 10.4. The number of rotatable bonds is 7. The predicted molar refractivity (Wildman–Crippen MR) is 109 cm³/mol. The highest BCUT2D eigenvalue weighted by Gasteiger charge is 2.09. The molecule has 0 fully saturated rings. The van der Waals surface area contributed by atoms with Gasteiger partial charge in [0.25, 0.3) is 5.91 Å². The summed E-state index contributed by atoms with van der Waals surface area (Å²) >= 11 is 2.64. The molecule has 0 radical (unpaired) electrons. The Balaban J connectivity index is 1.47. The Morgan fingerprint density at radius 2 is 1.85 bits per heavy atom. The minimum Gasteiger partial charge on any atom is -0.325 e. The van der Waals surface area contributed by atoms with Crippen LogP contribution in [0.2, 0.25) is 0 Å². The molecule has 138 valence electrons. The third-order valence-electron chi connectivity index (χ3n) is 3.62. The first kappa shape index (κ1) is 19.1. The van der Waals surface area contributed by atoms with Gasteiger partial charge in [-0.3, -0.25) is 9.59 Å². The van der Waals surface area contributed by atoms with E-state index in [1.54, 1.807) is 18.2 Å². The highest BCUT2D eigenvalue weighted by Crippen LogP contribution is 2.17. The van der Waals surface area contributed by atoms with Crippen molar-refractivity contribution >= 4 is 46.4 Å². The topological polar surface area (TPSA) is 84.0 Å². The summed E-state index contributed by atoms with van der Waals surface area (Å²) in [5.41, 5.74) is 2.00. The molecule has 0 spiro atoms. The molecule has 3 rings (SSSR count). The number of anilines is 2. The molecule has 0 saturated heterocycles. The van der Waals surface area contributed by atoms with E-state index in [0.29, 0.717) is 15.7 Å². The summed E-state index contributed by atoms with van der Waals surface area (Å²) in [5, 5.41) is 16.0. The van der Waals surface area contributed by atoms with Gasteiger partial charge in [0, 0.05) is 5.69 Å². The van der Waals surface area contributed by atoms with Crippen molar-refractivity contribution in [2.24, 2.45) is 0 Å². The fourth-order valence-electron chi connectivity index (χ4n) is 2.21. The first-order valence-corrected chi connectivity index (χ1v) is 10.2. The Morgan fingerprint density at radius 1 is 1.04 bits per heavy atom. The van der Waals surface area contributed by atoms with Crippen LogP contribution in [0, 0.1) is 0 Å². The van der Waals surface area contributed by atoms with E-state index in [2.05, 4.69) is 27.8 Å². The van der Waals surface area contributed by atoms with Crippen molar-refractivity contribution in [1.29, 1.82) is 0 Å². The van der Waals surface area contributed by atoms with Crippen molar-refractivity contribution in [2.75, 3.05) is 16.4 Å². The van der Waals surface area contributed by atoms with Crippen LogP contribution < -0.4 is 10.6 Å². The number of benzene rings is 1. The monoisotopic (exact) mass is 398 g/mol. The van der Waals surface area contributed by atoms with Crippen molar-refractivity contribution in [3.8, 4) is 0 Å². The SMILES string of the molecule is CCc1ccc(NC(=O)CSc2ccc(NC(=O)c3cccs3)nn2)cc1. The molecule has 2 heterocycles. The number of carbonyl (C=O) groups excluding carboxylic acids is 2. The van der Waals surface area contributed by atoms with Gasteiger partial charge in [-0.15, -0.1) is 21.5 Å². The number of thiophene rings is 1. The fraction of sp³-hybridized carbons (Fsp3) is 0.158. The highest BCUT2D eigenvalue weighted by molar-refractivity contribution is 7.99. The number of thioether (sulfide) groups is 1. The lowest BCUT2D eigenvalue weighted by Crippen LogP contribution is -2.14. The largest absolute Gasteiger partial charge is 0.325 e. The number of aryl methyl sites for hydroxylation is 1. The molecule has 0 atom stereocenters. The molecule has 0 unspecified atom stereocenters. The van der Waals surface area contributed by atoms with Crippen LogP contribution >= 0.6 is 23.1 Å². The molecular formula is C19H18N4O2S2. The lowest BCUT2D eigenvalue weighted by Gasteiger charge is -2.06. The molecule has 8 heteroatoms. The van der Waals surface area contributed by atoms with Crippen LogP contribution in [0.1, 0.15) is 22.2 Å². The Bertz CT molecular complexity index is 894. The van der Waals surface area contributed by atoms with Crippen LogP contribution in [-0.4, -0.2) is 27.8 Å². The lowest BCUT2D eigenvalue weighted by atomic mass is 10.1. The average molecular weight is 399 g/mol. The summed E-state index contributed by atoms with van der Waals surface area (Å²) in [4.78, 5) is 24.6. The van der Waals surface area contributed by atoms with E-state index >= 15 is 0 Å². The van der Waals surface area contributed by atoms with Crippen LogP contribution in [0.25, 0.3) is 0 Å². The Kier molecular flexibility index (Phi) is 6.56. The number of carbonyl (C=O) groups is 2. The Labute approximate surface area is 165 Å². The summed E-state index contributed by atoms with van der Waals surface area (Å²) in [6, 6.07) is 14.7. The van der Waals surface area contributed by atoms with Gasteiger partial charge in [0.2, 0.25) is 5.91 Å². The molecule has 0 bridgehead atoms. The standard InChI is InChI=1S/C19H18N4O2S2/c1-2-13-5-7-14(8-6-13)20-17(24)12-27-18-10-9-16(22-23-18)21-19(25)15-4-3-11-26-15/h3-11H,2,12H2,1H3,(H,20,24)(H,21,22,25). The van der Waals surface area contributed by atoms with Gasteiger partial charge in [0.15, 0.2) is 5.82 Å². The van der Waals surface area contributed by atoms with Gasteiger partial charge in [-0.2, -0.15) is 0 Å². The van der Waals surface area contributed by atoms with E-state index in [4.69, 9.17) is 0 Å². The second-order valence-electron chi connectivity index (χ2n) is 5.58. The maximum atomic E-state index is 12.0. The van der Waals surface area contributed by atoms with Crippen molar-refractivity contribution < 1.29 is 9.59 Å². The van der Waals surface area contributed by atoms with E-state index in [1.165, 1.54) is 28.7 Å². The van der Waals surface area contributed by atoms with Crippen molar-refractivity contribution in [3.63, 3.8) is 0 Å². The van der Waals surface area contributed by atoms with Gasteiger partial charge >= 0.3 is 0 Å². The van der Waals surface area contributed by atoms with Crippen LogP contribution in [0.4, 0.5) is 11.5 Å². The molecule has 0 aliphatic heterocycles. The first-order chi connectivity index (χ1) is 13.1. The maximum Gasteiger partial charge on any atom is 0.266 e. The number of hydrogen-bond donors (Lipinski definition) is 2. The quantitative estimate of drug-likeness (QED) is 0.586. The fourth-order valence-corrected chi connectivity index (χ4v) is 3.44. The number of amides is 2. The van der Waals surface area contributed by atoms with Gasteiger partial charge in [-0.25, -0.2) is 0 Å². The summed E-state index contributed by atoms with van der Waals surface area (Å²) in [6.45, 7) is 2.09. The summed E-state index contributed by atoms with van der Waals surface area (Å²) < 4.78 is 0. The number of aromatic nitrogens is 2. The molecule has 2 amide bonds. The summed E-state index contributed by atoms with van der Waals surface area (Å²) in [6.07, 6.45) is 0.965. The van der Waals surface area contributed by atoms with E-state index in [0.717, 1.165) is 12.1 Å². The summed E-state index contributed by atoms with van der Waals surface area (Å²) in [7, 11) is 0. The van der Waals surface area contributed by atoms with E-state index in [9.17, 15) is 9.59 Å². The third kappa shape index (κ3) is 5.63. The third-order valence-corrected chi connectivity index (χ3v) is 5.41. The molecule has 0 saturated carbocycles. The van der Waals surface area contributed by atoms with Crippen LogP contribution in [0.5, 0.6) is 0 Å². The number of nitrogens with one attached hydrogen (secondary N) is 2. The van der Waals surface area contributed by atoms with E-state index < -0.39 is 0 Å². The molecule has 2 N–H and O–H groups in total. The zero-order chi connectivity index (χ0) is 19.1. The molecule has 27 heavy (non-hydrogen) atoms. The molecule has 6 nitrogen and oxygen atoms in total. The molecule has 3 aromatic rings. The highest BCUT2D eigenvalue weighted by atomic mass is 32.2. The van der Waals surface area contributed by atoms with Crippen LogP contribution in [0.3, 0.4) is 0 Å². The van der Waals surface area contributed by atoms with Gasteiger partial charge in [0.05, 0.1) is 10.6 Å². The number of hydrogen-bond acceptors (Lipinski definition) is 6. The van der Waals surface area contributed by atoms with Gasteiger partial charge < -0.3 is 10.6 Å². The molecule has 2 aromatic heterocycles. The van der Waals surface area contributed by atoms with Gasteiger partial charge in [0.1, 0.15) is 5.03 Å².